The molecular weight excluding hydrogens is 250 g/mol. The minimum absolute atomic E-state index is 0.586. The van der Waals surface area contributed by atoms with E-state index in [-0.39, 0.29) is 0 Å². The molecule has 0 bridgehead atoms. The highest BCUT2D eigenvalue weighted by atomic mass is 15.3. The van der Waals surface area contributed by atoms with Gasteiger partial charge in [-0.15, -0.1) is 0 Å². The van der Waals surface area contributed by atoms with Crippen LogP contribution in [0.25, 0.3) is 0 Å². The maximum atomic E-state index is 4.34. The van der Waals surface area contributed by atoms with E-state index in [1.807, 2.05) is 24.1 Å². The standard InChI is InChI=1S/C15H23N5/c1-11-7-16-18-15(11)13-5-4-6-20(9-13)10-14-8-17-19(3)12(14)2/h7-8,13H,4-6,9-10H2,1-3H3,(H,16,18)/t13-/m0/s1. The van der Waals surface area contributed by atoms with E-state index in [0.717, 1.165) is 13.1 Å². The van der Waals surface area contributed by atoms with Gasteiger partial charge >= 0.3 is 0 Å². The maximum absolute atomic E-state index is 4.34. The van der Waals surface area contributed by atoms with Crippen LogP contribution in [0.2, 0.25) is 0 Å². The molecule has 1 N–H and O–H groups in total. The van der Waals surface area contributed by atoms with Crippen molar-refractivity contribution in [2.24, 2.45) is 7.05 Å². The Hall–Kier alpha value is -1.62. The number of hydrogen-bond acceptors (Lipinski definition) is 3. The molecule has 0 radical (unpaired) electrons. The molecule has 3 heterocycles. The lowest BCUT2D eigenvalue weighted by atomic mass is 9.92. The van der Waals surface area contributed by atoms with Crippen LogP contribution in [-0.2, 0) is 13.6 Å². The van der Waals surface area contributed by atoms with Gasteiger partial charge < -0.3 is 0 Å². The van der Waals surface area contributed by atoms with Crippen molar-refractivity contribution in [1.29, 1.82) is 0 Å². The lowest BCUT2D eigenvalue weighted by Gasteiger charge is -2.32. The summed E-state index contributed by atoms with van der Waals surface area (Å²) in [7, 11) is 2.01. The molecule has 0 unspecified atom stereocenters. The van der Waals surface area contributed by atoms with Crippen molar-refractivity contribution in [3.63, 3.8) is 0 Å². The van der Waals surface area contributed by atoms with Crippen LogP contribution in [-0.4, -0.2) is 38.0 Å². The van der Waals surface area contributed by atoms with Gasteiger partial charge in [0.15, 0.2) is 0 Å². The molecule has 108 valence electrons. The average molecular weight is 273 g/mol. The molecule has 5 heteroatoms. The number of H-pyrrole nitrogens is 1. The van der Waals surface area contributed by atoms with Crippen molar-refractivity contribution in [3.8, 4) is 0 Å². The molecule has 20 heavy (non-hydrogen) atoms. The van der Waals surface area contributed by atoms with Crippen LogP contribution in [0.1, 0.15) is 41.3 Å². The molecule has 5 nitrogen and oxygen atoms in total. The van der Waals surface area contributed by atoms with E-state index in [2.05, 4.69) is 34.0 Å². The number of aromatic amines is 1. The van der Waals surface area contributed by atoms with E-state index in [0.29, 0.717) is 5.92 Å². The van der Waals surface area contributed by atoms with Crippen molar-refractivity contribution in [1.82, 2.24) is 24.9 Å². The summed E-state index contributed by atoms with van der Waals surface area (Å²) in [5.74, 6) is 0.586. The van der Waals surface area contributed by atoms with Gasteiger partial charge in [-0.3, -0.25) is 14.7 Å². The van der Waals surface area contributed by atoms with Gasteiger partial charge in [-0.25, -0.2) is 0 Å². The number of aryl methyl sites for hydroxylation is 2. The van der Waals surface area contributed by atoms with Gasteiger partial charge in [-0.1, -0.05) is 0 Å². The minimum Gasteiger partial charge on any atom is -0.298 e. The second-order valence-corrected chi connectivity index (χ2v) is 5.92. The summed E-state index contributed by atoms with van der Waals surface area (Å²) in [5, 5.41) is 11.7. The third kappa shape index (κ3) is 2.50. The molecule has 2 aromatic heterocycles. The Balaban J connectivity index is 1.69. The van der Waals surface area contributed by atoms with Crippen molar-refractivity contribution < 1.29 is 0 Å². The third-order valence-corrected chi connectivity index (χ3v) is 4.51. The van der Waals surface area contributed by atoms with Gasteiger partial charge in [0.05, 0.1) is 12.4 Å². The highest BCUT2D eigenvalue weighted by Gasteiger charge is 2.24. The normalized spacial score (nSPS) is 20.4. The monoisotopic (exact) mass is 273 g/mol. The van der Waals surface area contributed by atoms with Crippen molar-refractivity contribution >= 4 is 0 Å². The number of piperidine rings is 1. The van der Waals surface area contributed by atoms with Crippen LogP contribution < -0.4 is 0 Å². The van der Waals surface area contributed by atoms with E-state index >= 15 is 0 Å². The lowest BCUT2D eigenvalue weighted by molar-refractivity contribution is 0.198. The molecular formula is C15H23N5. The van der Waals surface area contributed by atoms with Gasteiger partial charge in [-0.05, 0) is 38.8 Å². The molecule has 0 saturated carbocycles. The fraction of sp³-hybridized carbons (Fsp3) is 0.600. The number of likely N-dealkylation sites (tertiary alicyclic amines) is 1. The van der Waals surface area contributed by atoms with E-state index in [1.165, 1.54) is 41.9 Å². The first kappa shape index (κ1) is 13.4. The summed E-state index contributed by atoms with van der Waals surface area (Å²) in [6, 6.07) is 0. The molecule has 1 saturated heterocycles. The Morgan fingerprint density at radius 1 is 1.35 bits per heavy atom. The van der Waals surface area contributed by atoms with Gasteiger partial charge in [0, 0.05) is 43.0 Å². The van der Waals surface area contributed by atoms with Gasteiger partial charge in [0.1, 0.15) is 0 Å². The van der Waals surface area contributed by atoms with Crippen LogP contribution in [0.4, 0.5) is 0 Å². The Labute approximate surface area is 120 Å². The smallest absolute Gasteiger partial charge is 0.0537 e. The highest BCUT2D eigenvalue weighted by molar-refractivity contribution is 5.20. The van der Waals surface area contributed by atoms with Crippen LogP contribution in [0.5, 0.6) is 0 Å². The first-order valence-electron chi connectivity index (χ1n) is 7.35. The summed E-state index contributed by atoms with van der Waals surface area (Å²) >= 11 is 0. The predicted molar refractivity (Wildman–Crippen MR) is 78.5 cm³/mol. The summed E-state index contributed by atoms with van der Waals surface area (Å²) in [4.78, 5) is 2.54. The van der Waals surface area contributed by atoms with Crippen molar-refractivity contribution in [2.45, 2.75) is 39.2 Å². The first-order chi connectivity index (χ1) is 9.65. The SMILES string of the molecule is Cc1cn[nH]c1[C@H]1CCCN(Cc2cnn(C)c2C)C1. The molecule has 2 aromatic rings. The summed E-state index contributed by atoms with van der Waals surface area (Å²) < 4.78 is 1.95. The van der Waals surface area contributed by atoms with E-state index in [4.69, 9.17) is 0 Å². The molecule has 1 atom stereocenters. The van der Waals surface area contributed by atoms with Crippen molar-refractivity contribution in [3.05, 3.63) is 34.9 Å². The number of hydrogen-bond donors (Lipinski definition) is 1. The molecule has 1 aliphatic heterocycles. The zero-order valence-electron chi connectivity index (χ0n) is 12.6. The first-order valence-corrected chi connectivity index (χ1v) is 7.35. The van der Waals surface area contributed by atoms with Gasteiger partial charge in [0.2, 0.25) is 0 Å². The molecule has 0 aliphatic carbocycles. The van der Waals surface area contributed by atoms with Crippen LogP contribution >= 0.6 is 0 Å². The summed E-state index contributed by atoms with van der Waals surface area (Å²) in [6.07, 6.45) is 6.44. The molecule has 3 rings (SSSR count). The molecule has 1 aliphatic rings. The molecule has 0 aromatic carbocycles. The van der Waals surface area contributed by atoms with Crippen LogP contribution in [0.15, 0.2) is 12.4 Å². The Kier molecular flexibility index (Phi) is 3.61. The molecule has 1 fully saturated rings. The Morgan fingerprint density at radius 3 is 2.85 bits per heavy atom. The third-order valence-electron chi connectivity index (χ3n) is 4.51. The largest absolute Gasteiger partial charge is 0.298 e. The minimum atomic E-state index is 0.586. The fourth-order valence-electron chi connectivity index (χ4n) is 3.14. The maximum Gasteiger partial charge on any atom is 0.0537 e. The number of nitrogens with one attached hydrogen (secondary N) is 1. The van der Waals surface area contributed by atoms with E-state index in [1.54, 1.807) is 0 Å². The van der Waals surface area contributed by atoms with Crippen LogP contribution in [0, 0.1) is 13.8 Å². The van der Waals surface area contributed by atoms with Gasteiger partial charge in [0.25, 0.3) is 0 Å². The number of nitrogens with zero attached hydrogens (tertiary/aromatic N) is 4. The summed E-state index contributed by atoms with van der Waals surface area (Å²) in [5.41, 5.74) is 5.21. The fourth-order valence-corrected chi connectivity index (χ4v) is 3.14. The second-order valence-electron chi connectivity index (χ2n) is 5.92. The lowest BCUT2D eigenvalue weighted by Crippen LogP contribution is -2.34. The molecule has 0 amide bonds. The molecule has 0 spiro atoms. The quantitative estimate of drug-likeness (QED) is 0.932. The topological polar surface area (TPSA) is 49.7 Å². The van der Waals surface area contributed by atoms with E-state index in [9.17, 15) is 0 Å². The summed E-state index contributed by atoms with van der Waals surface area (Å²) in [6.45, 7) is 7.57. The second kappa shape index (κ2) is 5.40. The zero-order chi connectivity index (χ0) is 14.1. The van der Waals surface area contributed by atoms with Gasteiger partial charge in [-0.2, -0.15) is 10.2 Å². The Morgan fingerprint density at radius 2 is 2.20 bits per heavy atom. The van der Waals surface area contributed by atoms with Crippen molar-refractivity contribution in [2.75, 3.05) is 13.1 Å². The number of aromatic nitrogens is 4. The number of rotatable bonds is 3. The highest BCUT2D eigenvalue weighted by Crippen LogP contribution is 2.28. The average Bonchev–Trinajstić information content (AvgIpc) is 3.00. The Bertz CT molecular complexity index is 583. The van der Waals surface area contributed by atoms with Crippen LogP contribution in [0.3, 0.4) is 0 Å². The predicted octanol–water partition coefficient (Wildman–Crippen LogP) is 2.14. The zero-order valence-corrected chi connectivity index (χ0v) is 12.6. The van der Waals surface area contributed by atoms with E-state index < -0.39 is 0 Å².